The molecular formula is C18H17FN2O3. The predicted octanol–water partition coefficient (Wildman–Crippen LogP) is 2.54. The summed E-state index contributed by atoms with van der Waals surface area (Å²) in [6.45, 7) is -0.193. The Morgan fingerprint density at radius 3 is 2.21 bits per heavy atom. The number of anilines is 1. The van der Waals surface area contributed by atoms with E-state index < -0.39 is 17.5 Å². The lowest BCUT2D eigenvalue weighted by molar-refractivity contribution is -0.124. The number of amides is 2. The summed E-state index contributed by atoms with van der Waals surface area (Å²) >= 11 is 0. The molecule has 6 heteroatoms. The van der Waals surface area contributed by atoms with Crippen molar-refractivity contribution in [2.45, 2.75) is 12.8 Å². The molecule has 2 aromatic rings. The second kappa shape index (κ2) is 8.57. The maximum Gasteiger partial charge on any atom is 0.243 e. The maximum absolute atomic E-state index is 13.5. The van der Waals surface area contributed by atoms with Crippen LogP contribution in [0, 0.1) is 5.82 Å². The van der Waals surface area contributed by atoms with Gasteiger partial charge in [0.25, 0.3) is 0 Å². The third-order valence-corrected chi connectivity index (χ3v) is 3.26. The van der Waals surface area contributed by atoms with Crippen LogP contribution in [0.2, 0.25) is 0 Å². The van der Waals surface area contributed by atoms with Crippen LogP contribution in [0.15, 0.2) is 54.6 Å². The molecule has 0 aliphatic heterocycles. The molecule has 0 bridgehead atoms. The largest absolute Gasteiger partial charge is 0.347 e. The molecule has 2 aromatic carbocycles. The minimum atomic E-state index is -0.606. The topological polar surface area (TPSA) is 75.3 Å². The zero-order chi connectivity index (χ0) is 17.4. The highest BCUT2D eigenvalue weighted by Crippen LogP contribution is 2.10. The smallest absolute Gasteiger partial charge is 0.243 e. The number of hydrogen-bond donors (Lipinski definition) is 2. The van der Waals surface area contributed by atoms with Crippen molar-refractivity contribution in [2.24, 2.45) is 0 Å². The van der Waals surface area contributed by atoms with Crippen LogP contribution in [0.4, 0.5) is 10.1 Å². The quantitative estimate of drug-likeness (QED) is 0.767. The summed E-state index contributed by atoms with van der Waals surface area (Å²) in [5.74, 6) is -1.86. The highest BCUT2D eigenvalue weighted by Gasteiger charge is 2.13. The Bertz CT molecular complexity index is 732. The number of benzene rings is 2. The molecule has 0 spiro atoms. The average Bonchev–Trinajstić information content (AvgIpc) is 2.59. The van der Waals surface area contributed by atoms with E-state index in [9.17, 15) is 18.8 Å². The van der Waals surface area contributed by atoms with E-state index in [4.69, 9.17) is 0 Å². The van der Waals surface area contributed by atoms with Crippen LogP contribution in [0.1, 0.15) is 23.2 Å². The van der Waals surface area contributed by atoms with Crippen molar-refractivity contribution in [3.8, 4) is 0 Å². The van der Waals surface area contributed by atoms with Gasteiger partial charge in [-0.05, 0) is 24.3 Å². The Kier molecular flexibility index (Phi) is 6.19. The third kappa shape index (κ3) is 5.31. The SMILES string of the molecule is O=C(CCC(=O)c1ccccc1F)NCC(=O)Nc1ccccc1. The Morgan fingerprint density at radius 2 is 1.50 bits per heavy atom. The lowest BCUT2D eigenvalue weighted by atomic mass is 10.1. The fraction of sp³-hybridized carbons (Fsp3) is 0.167. The number of halogens is 1. The number of Topliss-reactive ketones (excluding diaryl/α,β-unsaturated/α-hetero) is 1. The van der Waals surface area contributed by atoms with E-state index in [1.54, 1.807) is 30.3 Å². The molecule has 124 valence electrons. The predicted molar refractivity (Wildman–Crippen MR) is 88.0 cm³/mol. The molecule has 0 unspecified atom stereocenters. The van der Waals surface area contributed by atoms with E-state index in [0.717, 1.165) is 0 Å². The van der Waals surface area contributed by atoms with Crippen molar-refractivity contribution in [1.82, 2.24) is 5.32 Å². The van der Waals surface area contributed by atoms with Crippen LogP contribution < -0.4 is 10.6 Å². The Labute approximate surface area is 138 Å². The first-order valence-corrected chi connectivity index (χ1v) is 7.45. The lowest BCUT2D eigenvalue weighted by Crippen LogP contribution is -2.33. The molecule has 0 atom stereocenters. The molecule has 0 heterocycles. The number of ketones is 1. The molecule has 0 saturated heterocycles. The maximum atomic E-state index is 13.5. The van der Waals surface area contributed by atoms with E-state index in [-0.39, 0.29) is 30.9 Å². The summed E-state index contributed by atoms with van der Waals surface area (Å²) < 4.78 is 13.5. The summed E-state index contributed by atoms with van der Waals surface area (Å²) in [6.07, 6.45) is -0.223. The molecule has 2 rings (SSSR count). The van der Waals surface area contributed by atoms with Crippen molar-refractivity contribution in [1.29, 1.82) is 0 Å². The molecule has 0 radical (unpaired) electrons. The number of carbonyl (C=O) groups is 3. The second-order valence-electron chi connectivity index (χ2n) is 5.09. The Morgan fingerprint density at radius 1 is 0.833 bits per heavy atom. The molecule has 2 N–H and O–H groups in total. The molecular weight excluding hydrogens is 311 g/mol. The van der Waals surface area contributed by atoms with Gasteiger partial charge in [-0.25, -0.2) is 4.39 Å². The zero-order valence-corrected chi connectivity index (χ0v) is 12.9. The van der Waals surface area contributed by atoms with E-state index >= 15 is 0 Å². The molecule has 0 fully saturated rings. The monoisotopic (exact) mass is 328 g/mol. The molecule has 0 aliphatic carbocycles. The van der Waals surface area contributed by atoms with E-state index in [0.29, 0.717) is 5.69 Å². The molecule has 0 saturated carbocycles. The summed E-state index contributed by atoms with van der Waals surface area (Å²) in [7, 11) is 0. The highest BCUT2D eigenvalue weighted by atomic mass is 19.1. The fourth-order valence-corrected chi connectivity index (χ4v) is 2.04. The third-order valence-electron chi connectivity index (χ3n) is 3.26. The number of carbonyl (C=O) groups excluding carboxylic acids is 3. The first kappa shape index (κ1) is 17.3. The van der Waals surface area contributed by atoms with Gasteiger partial charge in [-0.3, -0.25) is 14.4 Å². The second-order valence-corrected chi connectivity index (χ2v) is 5.09. The van der Waals surface area contributed by atoms with Gasteiger partial charge in [0.05, 0.1) is 12.1 Å². The summed E-state index contributed by atoms with van der Waals surface area (Å²) in [5.41, 5.74) is 0.596. The zero-order valence-electron chi connectivity index (χ0n) is 12.9. The lowest BCUT2D eigenvalue weighted by Gasteiger charge is -2.07. The van der Waals surface area contributed by atoms with E-state index in [1.165, 1.54) is 18.2 Å². The number of rotatable bonds is 7. The molecule has 24 heavy (non-hydrogen) atoms. The Hall–Kier alpha value is -3.02. The standard InChI is InChI=1S/C18H17FN2O3/c19-15-9-5-4-8-14(15)16(22)10-11-17(23)20-12-18(24)21-13-6-2-1-3-7-13/h1-9H,10-12H2,(H,20,23)(H,21,24). The molecule has 0 aliphatic rings. The molecule has 2 amide bonds. The normalized spacial score (nSPS) is 10.0. The van der Waals surface area contributed by atoms with Gasteiger partial charge in [0.1, 0.15) is 5.82 Å². The van der Waals surface area contributed by atoms with Gasteiger partial charge < -0.3 is 10.6 Å². The van der Waals surface area contributed by atoms with Gasteiger partial charge in [0, 0.05) is 18.5 Å². The van der Waals surface area contributed by atoms with Crippen molar-refractivity contribution >= 4 is 23.3 Å². The Balaban J connectivity index is 1.72. The summed E-state index contributed by atoms with van der Waals surface area (Å²) in [4.78, 5) is 35.2. The first-order chi connectivity index (χ1) is 11.6. The summed E-state index contributed by atoms with van der Waals surface area (Å²) in [6, 6.07) is 14.5. The van der Waals surface area contributed by atoms with Crippen LogP contribution in [0.5, 0.6) is 0 Å². The summed E-state index contributed by atoms with van der Waals surface area (Å²) in [5, 5.41) is 5.05. The van der Waals surface area contributed by atoms with Gasteiger partial charge in [-0.2, -0.15) is 0 Å². The van der Waals surface area contributed by atoms with E-state index in [1.807, 2.05) is 6.07 Å². The number of nitrogens with one attached hydrogen (secondary N) is 2. The van der Waals surface area contributed by atoms with Gasteiger partial charge in [0.15, 0.2) is 5.78 Å². The first-order valence-electron chi connectivity index (χ1n) is 7.45. The number of hydrogen-bond acceptors (Lipinski definition) is 3. The number of para-hydroxylation sites is 1. The van der Waals surface area contributed by atoms with Crippen LogP contribution in [0.25, 0.3) is 0 Å². The van der Waals surface area contributed by atoms with Crippen molar-refractivity contribution < 1.29 is 18.8 Å². The van der Waals surface area contributed by atoms with Crippen molar-refractivity contribution in [3.63, 3.8) is 0 Å². The van der Waals surface area contributed by atoms with Crippen molar-refractivity contribution in [2.75, 3.05) is 11.9 Å². The molecule has 5 nitrogen and oxygen atoms in total. The van der Waals surface area contributed by atoms with Gasteiger partial charge >= 0.3 is 0 Å². The fourth-order valence-electron chi connectivity index (χ4n) is 2.04. The van der Waals surface area contributed by atoms with Crippen LogP contribution in [-0.4, -0.2) is 24.1 Å². The van der Waals surface area contributed by atoms with Crippen LogP contribution in [-0.2, 0) is 9.59 Å². The molecule has 0 aromatic heterocycles. The minimum Gasteiger partial charge on any atom is -0.347 e. The average molecular weight is 328 g/mol. The van der Waals surface area contributed by atoms with Gasteiger partial charge in [-0.15, -0.1) is 0 Å². The van der Waals surface area contributed by atoms with Gasteiger partial charge in [0.2, 0.25) is 11.8 Å². The van der Waals surface area contributed by atoms with E-state index in [2.05, 4.69) is 10.6 Å². The van der Waals surface area contributed by atoms with Crippen molar-refractivity contribution in [3.05, 3.63) is 66.0 Å². The highest BCUT2D eigenvalue weighted by molar-refractivity contribution is 5.99. The van der Waals surface area contributed by atoms with Crippen LogP contribution >= 0.6 is 0 Å². The van der Waals surface area contributed by atoms with Crippen LogP contribution in [0.3, 0.4) is 0 Å². The minimum absolute atomic E-state index is 0.0351. The van der Waals surface area contributed by atoms with Gasteiger partial charge in [-0.1, -0.05) is 30.3 Å².